The van der Waals surface area contributed by atoms with Crippen molar-refractivity contribution in [2.45, 2.75) is 40.2 Å². The van der Waals surface area contributed by atoms with Gasteiger partial charge < -0.3 is 5.32 Å². The first-order chi connectivity index (χ1) is 7.86. The fraction of sp³-hybridized carbons (Fsp3) is 0.571. The number of rotatable bonds is 4. The Hall–Kier alpha value is -0.410. The van der Waals surface area contributed by atoms with Crippen LogP contribution in [0.3, 0.4) is 0 Å². The zero-order valence-corrected chi connectivity index (χ0v) is 12.6. The molecule has 96 valence electrons. The second kappa shape index (κ2) is 5.96. The van der Waals surface area contributed by atoms with Gasteiger partial charge in [0.25, 0.3) is 0 Å². The lowest BCUT2D eigenvalue weighted by Gasteiger charge is -2.32. The first-order valence-electron chi connectivity index (χ1n) is 6.04. The van der Waals surface area contributed by atoms with Gasteiger partial charge in [-0.05, 0) is 52.0 Å². The predicted molar refractivity (Wildman–Crippen MR) is 74.6 cm³/mol. The topological polar surface area (TPSA) is 12.0 Å². The van der Waals surface area contributed by atoms with E-state index in [1.54, 1.807) is 0 Å². The molecule has 0 saturated carbocycles. The Morgan fingerprint density at radius 1 is 1.35 bits per heavy atom. The average molecular weight is 302 g/mol. The number of benzene rings is 1. The molecule has 0 aromatic heterocycles. The van der Waals surface area contributed by atoms with Crippen molar-refractivity contribution in [2.24, 2.45) is 5.41 Å². The number of halogens is 2. The summed E-state index contributed by atoms with van der Waals surface area (Å²) in [7, 11) is 0. The number of hydrogen-bond acceptors (Lipinski definition) is 1. The molecule has 17 heavy (non-hydrogen) atoms. The highest BCUT2D eigenvalue weighted by molar-refractivity contribution is 9.10. The fourth-order valence-corrected chi connectivity index (χ4v) is 2.30. The summed E-state index contributed by atoms with van der Waals surface area (Å²) >= 11 is 3.25. The van der Waals surface area contributed by atoms with Crippen molar-refractivity contribution in [3.05, 3.63) is 34.1 Å². The van der Waals surface area contributed by atoms with Gasteiger partial charge in [0.1, 0.15) is 5.82 Å². The van der Waals surface area contributed by atoms with Gasteiger partial charge in [0.2, 0.25) is 0 Å². The molecule has 0 radical (unpaired) electrons. The van der Waals surface area contributed by atoms with E-state index in [9.17, 15) is 4.39 Å². The first-order valence-corrected chi connectivity index (χ1v) is 6.84. The molecule has 0 heterocycles. The minimum absolute atomic E-state index is 0.104. The van der Waals surface area contributed by atoms with Crippen LogP contribution in [0.25, 0.3) is 0 Å². The van der Waals surface area contributed by atoms with Crippen LogP contribution in [0.2, 0.25) is 0 Å². The van der Waals surface area contributed by atoms with E-state index in [0.29, 0.717) is 4.47 Å². The van der Waals surface area contributed by atoms with Gasteiger partial charge in [-0.25, -0.2) is 4.39 Å². The molecule has 1 rings (SSSR count). The molecule has 1 N–H and O–H groups in total. The Kier molecular flexibility index (Phi) is 5.14. The van der Waals surface area contributed by atoms with Crippen LogP contribution in [0.15, 0.2) is 22.7 Å². The fourth-order valence-electron chi connectivity index (χ4n) is 1.90. The van der Waals surface area contributed by atoms with Crippen molar-refractivity contribution in [1.29, 1.82) is 0 Å². The molecule has 1 atom stereocenters. The lowest BCUT2D eigenvalue weighted by atomic mass is 9.82. The van der Waals surface area contributed by atoms with Gasteiger partial charge in [0, 0.05) is 6.04 Å². The molecular formula is C14H21BrFN. The predicted octanol–water partition coefficient (Wildman–Crippen LogP) is 4.68. The Morgan fingerprint density at radius 2 is 2.00 bits per heavy atom. The lowest BCUT2D eigenvalue weighted by molar-refractivity contribution is 0.273. The molecule has 1 nitrogen and oxygen atoms in total. The maximum absolute atomic E-state index is 13.2. The van der Waals surface area contributed by atoms with E-state index in [-0.39, 0.29) is 17.3 Å². The zero-order valence-electron chi connectivity index (χ0n) is 11.0. The van der Waals surface area contributed by atoms with Crippen molar-refractivity contribution in [1.82, 2.24) is 5.32 Å². The highest BCUT2D eigenvalue weighted by atomic mass is 79.9. The molecular weight excluding hydrogens is 281 g/mol. The average Bonchev–Trinajstić information content (AvgIpc) is 2.22. The molecule has 0 spiro atoms. The molecule has 0 aliphatic heterocycles. The van der Waals surface area contributed by atoms with Crippen molar-refractivity contribution in [3.63, 3.8) is 0 Å². The van der Waals surface area contributed by atoms with Gasteiger partial charge in [-0.15, -0.1) is 0 Å². The molecule has 1 aromatic rings. The summed E-state index contributed by atoms with van der Waals surface area (Å²) in [6.45, 7) is 9.69. The summed E-state index contributed by atoms with van der Waals surface area (Å²) in [6.07, 6.45) is 1.09. The third-order valence-corrected chi connectivity index (χ3v) is 3.35. The van der Waals surface area contributed by atoms with Gasteiger partial charge in [0.15, 0.2) is 0 Å². The maximum Gasteiger partial charge on any atom is 0.137 e. The van der Waals surface area contributed by atoms with Crippen LogP contribution in [0, 0.1) is 11.2 Å². The summed E-state index contributed by atoms with van der Waals surface area (Å²) in [5, 5.41) is 3.53. The quantitative estimate of drug-likeness (QED) is 0.852. The Balaban J connectivity index is 3.00. The molecule has 3 heteroatoms. The Morgan fingerprint density at radius 3 is 2.47 bits per heavy atom. The molecule has 0 saturated heterocycles. The van der Waals surface area contributed by atoms with E-state index >= 15 is 0 Å². The Labute approximate surface area is 112 Å². The molecule has 1 unspecified atom stereocenters. The second-order valence-electron chi connectivity index (χ2n) is 5.43. The van der Waals surface area contributed by atoms with Gasteiger partial charge in [0.05, 0.1) is 4.47 Å². The molecule has 0 amide bonds. The SMILES string of the molecule is CCCNC(c1ccc(F)c(Br)c1)C(C)(C)C. The highest BCUT2D eigenvalue weighted by Crippen LogP contribution is 2.34. The highest BCUT2D eigenvalue weighted by Gasteiger charge is 2.25. The minimum Gasteiger partial charge on any atom is -0.309 e. The summed E-state index contributed by atoms with van der Waals surface area (Å²) < 4.78 is 13.8. The van der Waals surface area contributed by atoms with Crippen molar-refractivity contribution in [2.75, 3.05) is 6.54 Å². The van der Waals surface area contributed by atoms with Crippen LogP contribution in [0.1, 0.15) is 45.7 Å². The van der Waals surface area contributed by atoms with Crippen LogP contribution >= 0.6 is 15.9 Å². The smallest absolute Gasteiger partial charge is 0.137 e. The molecule has 0 aliphatic carbocycles. The Bertz CT molecular complexity index is 371. The van der Waals surface area contributed by atoms with Crippen molar-refractivity contribution >= 4 is 15.9 Å². The largest absolute Gasteiger partial charge is 0.309 e. The first kappa shape index (κ1) is 14.7. The summed E-state index contributed by atoms with van der Waals surface area (Å²) in [6, 6.07) is 5.48. The van der Waals surface area contributed by atoms with E-state index in [1.807, 2.05) is 12.1 Å². The van der Waals surface area contributed by atoms with Crippen LogP contribution in [0.4, 0.5) is 4.39 Å². The van der Waals surface area contributed by atoms with Crippen LogP contribution in [-0.2, 0) is 0 Å². The maximum atomic E-state index is 13.2. The van der Waals surface area contributed by atoms with E-state index in [0.717, 1.165) is 18.5 Å². The monoisotopic (exact) mass is 301 g/mol. The second-order valence-corrected chi connectivity index (χ2v) is 6.28. The standard InChI is InChI=1S/C14H21BrFN/c1-5-8-17-13(14(2,3)4)10-6-7-12(16)11(15)9-10/h6-7,9,13,17H,5,8H2,1-4H3. The minimum atomic E-state index is -0.211. The van der Waals surface area contributed by atoms with Crippen molar-refractivity contribution in [3.8, 4) is 0 Å². The molecule has 0 bridgehead atoms. The van der Waals surface area contributed by atoms with Crippen LogP contribution in [0.5, 0.6) is 0 Å². The van der Waals surface area contributed by atoms with Gasteiger partial charge in [-0.2, -0.15) is 0 Å². The molecule has 1 aromatic carbocycles. The van der Waals surface area contributed by atoms with E-state index in [2.05, 4.69) is 48.9 Å². The molecule has 0 fully saturated rings. The molecule has 0 aliphatic rings. The number of hydrogen-bond donors (Lipinski definition) is 1. The van der Waals surface area contributed by atoms with Crippen LogP contribution in [-0.4, -0.2) is 6.54 Å². The van der Waals surface area contributed by atoms with E-state index in [4.69, 9.17) is 0 Å². The van der Waals surface area contributed by atoms with Gasteiger partial charge >= 0.3 is 0 Å². The van der Waals surface area contributed by atoms with Gasteiger partial charge in [-0.3, -0.25) is 0 Å². The third-order valence-electron chi connectivity index (χ3n) is 2.74. The summed E-state index contributed by atoms with van der Waals surface area (Å²) in [5.41, 5.74) is 1.23. The third kappa shape index (κ3) is 4.07. The van der Waals surface area contributed by atoms with E-state index < -0.39 is 0 Å². The van der Waals surface area contributed by atoms with Gasteiger partial charge in [-0.1, -0.05) is 33.8 Å². The van der Waals surface area contributed by atoms with Crippen molar-refractivity contribution < 1.29 is 4.39 Å². The van der Waals surface area contributed by atoms with Crippen LogP contribution < -0.4 is 5.32 Å². The normalized spacial score (nSPS) is 13.8. The zero-order chi connectivity index (χ0) is 13.1. The number of nitrogens with one attached hydrogen (secondary N) is 1. The summed E-state index contributed by atoms with van der Waals surface area (Å²) in [5.74, 6) is -0.211. The lowest BCUT2D eigenvalue weighted by Crippen LogP contribution is -2.32. The summed E-state index contributed by atoms with van der Waals surface area (Å²) in [4.78, 5) is 0. The van der Waals surface area contributed by atoms with E-state index in [1.165, 1.54) is 6.07 Å².